The molecule has 1 fully saturated rings. The smallest absolute Gasteiger partial charge is 0.235 e. The number of aromatic hydroxyl groups is 1. The number of nitrogens with one attached hydrogen (secondary N) is 1. The minimum absolute atomic E-state index is 0.157. The van der Waals surface area contributed by atoms with Gasteiger partial charge in [0, 0.05) is 18.8 Å². The Hall–Kier alpha value is -2.31. The second-order valence-electron chi connectivity index (χ2n) is 6.25. The summed E-state index contributed by atoms with van der Waals surface area (Å²) in [6.07, 6.45) is 1.67. The molecular formula is C18H18ClN3O3. The lowest BCUT2D eigenvalue weighted by atomic mass is 10.1. The van der Waals surface area contributed by atoms with Gasteiger partial charge in [0.15, 0.2) is 5.75 Å². The topological polar surface area (TPSA) is 80.1 Å². The molecule has 0 radical (unpaired) electrons. The van der Waals surface area contributed by atoms with E-state index in [9.17, 15) is 9.90 Å². The second kappa shape index (κ2) is 6.20. The van der Waals surface area contributed by atoms with Crippen molar-refractivity contribution in [2.24, 2.45) is 0 Å². The van der Waals surface area contributed by atoms with Crippen LogP contribution in [0.1, 0.15) is 24.6 Å². The van der Waals surface area contributed by atoms with Crippen molar-refractivity contribution < 1.29 is 9.84 Å². The maximum atomic E-state index is 12.8. The van der Waals surface area contributed by atoms with Gasteiger partial charge in [-0.15, -0.1) is 0 Å². The number of fused-ring (bicyclic) bond motifs is 1. The fourth-order valence-electron chi connectivity index (χ4n) is 3.40. The number of aromatic nitrogens is 3. The fourth-order valence-corrected chi connectivity index (χ4v) is 3.63. The van der Waals surface area contributed by atoms with E-state index in [4.69, 9.17) is 16.3 Å². The highest BCUT2D eigenvalue weighted by Gasteiger charge is 2.24. The lowest BCUT2D eigenvalue weighted by Crippen LogP contribution is -2.21. The van der Waals surface area contributed by atoms with E-state index in [0.29, 0.717) is 46.2 Å². The van der Waals surface area contributed by atoms with E-state index in [0.717, 1.165) is 12.8 Å². The first kappa shape index (κ1) is 16.2. The summed E-state index contributed by atoms with van der Waals surface area (Å²) in [5.74, 6) is -0.338. The highest BCUT2D eigenvalue weighted by Crippen LogP contribution is 2.33. The molecule has 0 amide bonds. The van der Waals surface area contributed by atoms with Crippen LogP contribution in [-0.4, -0.2) is 33.1 Å². The zero-order valence-corrected chi connectivity index (χ0v) is 14.5. The Labute approximate surface area is 149 Å². The molecule has 4 rings (SSSR count). The number of H-pyrrole nitrogens is 1. The van der Waals surface area contributed by atoms with Crippen LogP contribution in [0.4, 0.5) is 0 Å². The molecule has 0 spiro atoms. The third-order valence-electron chi connectivity index (χ3n) is 4.69. The minimum Gasteiger partial charge on any atom is -0.503 e. The van der Waals surface area contributed by atoms with Crippen LogP contribution < -0.4 is 5.43 Å². The Bertz CT molecular complexity index is 1000. The first-order valence-electron chi connectivity index (χ1n) is 8.24. The van der Waals surface area contributed by atoms with Crippen molar-refractivity contribution in [1.29, 1.82) is 0 Å². The summed E-state index contributed by atoms with van der Waals surface area (Å²) in [5, 5.41) is 15.9. The summed E-state index contributed by atoms with van der Waals surface area (Å²) in [6.45, 7) is 3.12. The van der Waals surface area contributed by atoms with E-state index < -0.39 is 5.43 Å². The molecule has 1 aromatic carbocycles. The average molecular weight is 360 g/mol. The van der Waals surface area contributed by atoms with Crippen molar-refractivity contribution in [3.05, 3.63) is 45.2 Å². The van der Waals surface area contributed by atoms with Gasteiger partial charge in [-0.1, -0.05) is 29.8 Å². The van der Waals surface area contributed by atoms with Gasteiger partial charge in [0.2, 0.25) is 5.43 Å². The first-order valence-corrected chi connectivity index (χ1v) is 8.62. The SMILES string of the molecule is Cc1nn(C2CCOCC2)c2[nH]c(-c3ccccc3Cl)c(O)c(=O)c12. The molecule has 2 N–H and O–H groups in total. The predicted octanol–water partition coefficient (Wildman–Crippen LogP) is 3.41. The number of rotatable bonds is 2. The highest BCUT2D eigenvalue weighted by atomic mass is 35.5. The van der Waals surface area contributed by atoms with Crippen LogP contribution in [0.3, 0.4) is 0 Å². The molecule has 3 aromatic rings. The van der Waals surface area contributed by atoms with Gasteiger partial charge >= 0.3 is 0 Å². The zero-order valence-electron chi connectivity index (χ0n) is 13.8. The molecular weight excluding hydrogens is 342 g/mol. The predicted molar refractivity (Wildman–Crippen MR) is 96.3 cm³/mol. The summed E-state index contributed by atoms with van der Waals surface area (Å²) in [7, 11) is 0. The van der Waals surface area contributed by atoms with Gasteiger partial charge in [-0.25, -0.2) is 4.68 Å². The molecule has 0 aliphatic carbocycles. The van der Waals surface area contributed by atoms with E-state index in [2.05, 4.69) is 10.1 Å². The van der Waals surface area contributed by atoms with Crippen LogP contribution in [0.2, 0.25) is 5.02 Å². The Morgan fingerprint density at radius 3 is 2.76 bits per heavy atom. The standard InChI is InChI=1S/C18H18ClN3O3/c1-10-14-16(23)17(24)15(12-4-2-3-5-13(12)19)20-18(14)22(21-10)11-6-8-25-9-7-11/h2-5,11,24H,6-9H2,1H3,(H,20,23). The summed E-state index contributed by atoms with van der Waals surface area (Å²) in [6, 6.07) is 7.26. The maximum Gasteiger partial charge on any atom is 0.235 e. The van der Waals surface area contributed by atoms with Gasteiger partial charge in [-0.05, 0) is 25.8 Å². The molecule has 130 valence electrons. The number of benzene rings is 1. The molecule has 1 aliphatic rings. The Kier molecular flexibility index (Phi) is 4.01. The van der Waals surface area contributed by atoms with Crippen molar-refractivity contribution >= 4 is 22.6 Å². The quantitative estimate of drug-likeness (QED) is 0.734. The molecule has 25 heavy (non-hydrogen) atoms. The molecule has 1 aliphatic heterocycles. The number of hydrogen-bond donors (Lipinski definition) is 2. The lowest BCUT2D eigenvalue weighted by molar-refractivity contribution is 0.0672. The van der Waals surface area contributed by atoms with Crippen molar-refractivity contribution in [3.63, 3.8) is 0 Å². The summed E-state index contributed by atoms with van der Waals surface area (Å²) >= 11 is 6.26. The van der Waals surface area contributed by atoms with Gasteiger partial charge in [-0.2, -0.15) is 5.10 Å². The Morgan fingerprint density at radius 2 is 2.04 bits per heavy atom. The van der Waals surface area contributed by atoms with E-state index in [1.54, 1.807) is 25.1 Å². The first-order chi connectivity index (χ1) is 12.1. The van der Waals surface area contributed by atoms with Gasteiger partial charge in [0.25, 0.3) is 0 Å². The lowest BCUT2D eigenvalue weighted by Gasteiger charge is -2.23. The number of pyridine rings is 1. The molecule has 0 bridgehead atoms. The third kappa shape index (κ3) is 2.62. The summed E-state index contributed by atoms with van der Waals surface area (Å²) in [5.41, 5.74) is 1.68. The maximum absolute atomic E-state index is 12.8. The number of aromatic amines is 1. The van der Waals surface area contributed by atoms with Crippen LogP contribution in [0.15, 0.2) is 29.1 Å². The van der Waals surface area contributed by atoms with Crippen LogP contribution in [0.25, 0.3) is 22.3 Å². The largest absolute Gasteiger partial charge is 0.503 e. The number of hydrogen-bond acceptors (Lipinski definition) is 4. The van der Waals surface area contributed by atoms with Gasteiger partial charge in [-0.3, -0.25) is 4.79 Å². The molecule has 0 atom stereocenters. The van der Waals surface area contributed by atoms with E-state index in [1.807, 2.05) is 10.7 Å². The van der Waals surface area contributed by atoms with Crippen LogP contribution >= 0.6 is 11.6 Å². The molecule has 0 saturated carbocycles. The number of aryl methyl sites for hydroxylation is 1. The van der Waals surface area contributed by atoms with Crippen molar-refractivity contribution in [1.82, 2.24) is 14.8 Å². The van der Waals surface area contributed by atoms with Crippen LogP contribution in [0.5, 0.6) is 5.75 Å². The minimum atomic E-state index is -0.431. The van der Waals surface area contributed by atoms with Crippen LogP contribution in [0, 0.1) is 6.92 Å². The van der Waals surface area contributed by atoms with Gasteiger partial charge < -0.3 is 14.8 Å². The highest BCUT2D eigenvalue weighted by molar-refractivity contribution is 6.33. The number of nitrogens with zero attached hydrogens (tertiary/aromatic N) is 2. The third-order valence-corrected chi connectivity index (χ3v) is 5.02. The Balaban J connectivity index is 1.99. The molecule has 3 heterocycles. The molecule has 0 unspecified atom stereocenters. The average Bonchev–Trinajstić information content (AvgIpc) is 2.96. The van der Waals surface area contributed by atoms with Crippen molar-refractivity contribution in [2.75, 3.05) is 13.2 Å². The van der Waals surface area contributed by atoms with E-state index in [1.165, 1.54) is 0 Å². The van der Waals surface area contributed by atoms with Gasteiger partial charge in [0.05, 0.1) is 27.8 Å². The monoisotopic (exact) mass is 359 g/mol. The molecule has 6 nitrogen and oxygen atoms in total. The summed E-state index contributed by atoms with van der Waals surface area (Å²) in [4.78, 5) is 16.0. The molecule has 7 heteroatoms. The summed E-state index contributed by atoms with van der Waals surface area (Å²) < 4.78 is 7.28. The Morgan fingerprint density at radius 1 is 1.32 bits per heavy atom. The number of ether oxygens (including phenoxy) is 1. The van der Waals surface area contributed by atoms with E-state index >= 15 is 0 Å². The fraction of sp³-hybridized carbons (Fsp3) is 0.333. The second-order valence-corrected chi connectivity index (χ2v) is 6.66. The van der Waals surface area contributed by atoms with Crippen LogP contribution in [-0.2, 0) is 4.74 Å². The normalized spacial score (nSPS) is 15.8. The molecule has 1 saturated heterocycles. The van der Waals surface area contributed by atoms with E-state index in [-0.39, 0.29) is 11.8 Å². The van der Waals surface area contributed by atoms with Crippen molar-refractivity contribution in [2.45, 2.75) is 25.8 Å². The number of halogens is 1. The molecule has 2 aromatic heterocycles. The van der Waals surface area contributed by atoms with Gasteiger partial charge in [0.1, 0.15) is 5.65 Å². The van der Waals surface area contributed by atoms with Crippen molar-refractivity contribution in [3.8, 4) is 17.0 Å². The zero-order chi connectivity index (χ0) is 17.6.